The van der Waals surface area contributed by atoms with Crippen molar-refractivity contribution in [1.82, 2.24) is 14.8 Å². The Bertz CT molecular complexity index is 1390. The summed E-state index contributed by atoms with van der Waals surface area (Å²) in [5.41, 5.74) is 0.962. The van der Waals surface area contributed by atoms with Crippen molar-refractivity contribution in [2.45, 2.75) is 45.7 Å². The molecular formula is C29H32FN5O3. The van der Waals surface area contributed by atoms with E-state index in [0.717, 1.165) is 0 Å². The molecule has 1 aliphatic heterocycles. The smallest absolute Gasteiger partial charge is 0.270 e. The number of aromatic nitrogens is 1. The van der Waals surface area contributed by atoms with Crippen LogP contribution in [0.2, 0.25) is 0 Å². The van der Waals surface area contributed by atoms with E-state index in [0.29, 0.717) is 23.0 Å². The van der Waals surface area contributed by atoms with E-state index >= 15 is 0 Å². The van der Waals surface area contributed by atoms with Crippen LogP contribution >= 0.6 is 0 Å². The minimum absolute atomic E-state index is 0.0794. The van der Waals surface area contributed by atoms with Crippen molar-refractivity contribution in [2.24, 2.45) is 11.3 Å². The third-order valence-corrected chi connectivity index (χ3v) is 6.87. The minimum Gasteiger partial charge on any atom is -0.350 e. The van der Waals surface area contributed by atoms with Crippen LogP contribution in [0.4, 0.5) is 10.1 Å². The number of amides is 3. The fraction of sp³-hybridized carbons (Fsp3) is 0.379. The molecule has 1 aliphatic rings. The highest BCUT2D eigenvalue weighted by Crippen LogP contribution is 2.30. The normalized spacial score (nSPS) is 18.2. The molecule has 0 saturated carbocycles. The molecule has 0 spiro atoms. The number of hydrogen-bond donors (Lipinski definition) is 2. The lowest BCUT2D eigenvalue weighted by Crippen LogP contribution is -2.52. The van der Waals surface area contributed by atoms with Gasteiger partial charge in [0.2, 0.25) is 11.8 Å². The van der Waals surface area contributed by atoms with E-state index in [1.54, 1.807) is 24.3 Å². The predicted octanol–water partition coefficient (Wildman–Crippen LogP) is 4.56. The molecule has 3 aromatic rings. The Balaban J connectivity index is 1.57. The van der Waals surface area contributed by atoms with Gasteiger partial charge in [-0.15, -0.1) is 0 Å². The second-order valence-electron chi connectivity index (χ2n) is 11.0. The summed E-state index contributed by atoms with van der Waals surface area (Å²) in [5.74, 6) is -2.12. The first-order valence-corrected chi connectivity index (χ1v) is 12.6. The maximum Gasteiger partial charge on any atom is 0.270 e. The van der Waals surface area contributed by atoms with E-state index in [1.165, 1.54) is 29.0 Å². The quantitative estimate of drug-likeness (QED) is 0.499. The standard InChI is InChI=1S/C29H32FN5O3/c1-29(2,3)15-25(34(4)27(37)24-14-21-22(30)11-8-12-23(21)33-24)28(38)35-17-18(13-20(35)16-31)26(36)32-19-9-6-5-7-10-19/h5-12,14,18,20,25,33H,13,15,17H2,1-4H3,(H,32,36)/t18?,20?,25-/m0/s1. The van der Waals surface area contributed by atoms with E-state index in [9.17, 15) is 24.0 Å². The lowest BCUT2D eigenvalue weighted by molar-refractivity contribution is -0.137. The number of nitrogens with one attached hydrogen (secondary N) is 2. The van der Waals surface area contributed by atoms with Crippen molar-refractivity contribution in [2.75, 3.05) is 18.9 Å². The highest BCUT2D eigenvalue weighted by Gasteiger charge is 2.43. The summed E-state index contributed by atoms with van der Waals surface area (Å²) < 4.78 is 14.2. The van der Waals surface area contributed by atoms with Crippen LogP contribution in [0.5, 0.6) is 0 Å². The first kappa shape index (κ1) is 26.9. The number of anilines is 1. The second kappa shape index (κ2) is 10.7. The van der Waals surface area contributed by atoms with Gasteiger partial charge in [0.15, 0.2) is 0 Å². The van der Waals surface area contributed by atoms with E-state index < -0.39 is 29.7 Å². The van der Waals surface area contributed by atoms with Gasteiger partial charge in [-0.2, -0.15) is 5.26 Å². The number of halogens is 1. The van der Waals surface area contributed by atoms with Gasteiger partial charge in [0.1, 0.15) is 23.6 Å². The van der Waals surface area contributed by atoms with Crippen LogP contribution in [0, 0.1) is 28.5 Å². The van der Waals surface area contributed by atoms with Crippen molar-refractivity contribution >= 4 is 34.3 Å². The van der Waals surface area contributed by atoms with Gasteiger partial charge in [-0.3, -0.25) is 14.4 Å². The SMILES string of the molecule is CN(C(=O)c1cc2c(F)cccc2[nH]1)[C@@H](CC(C)(C)C)C(=O)N1CC(C(=O)Nc2ccccc2)CC1C#N. The van der Waals surface area contributed by atoms with Gasteiger partial charge in [-0.1, -0.05) is 45.0 Å². The Morgan fingerprint density at radius 3 is 2.53 bits per heavy atom. The number of hydrogen-bond acceptors (Lipinski definition) is 4. The molecule has 2 heterocycles. The summed E-state index contributed by atoms with van der Waals surface area (Å²) in [7, 11) is 1.54. The maximum absolute atomic E-state index is 14.2. The fourth-order valence-electron chi connectivity index (χ4n) is 4.88. The van der Waals surface area contributed by atoms with Crippen LogP contribution in [0.1, 0.15) is 44.1 Å². The van der Waals surface area contributed by atoms with Gasteiger partial charge in [-0.05, 0) is 48.6 Å². The van der Waals surface area contributed by atoms with Crippen molar-refractivity contribution in [1.29, 1.82) is 5.26 Å². The number of likely N-dealkylation sites (tertiary alicyclic amines) is 1. The largest absolute Gasteiger partial charge is 0.350 e. The number of likely N-dealkylation sites (N-methyl/N-ethyl adjacent to an activating group) is 1. The Hall–Kier alpha value is -4.19. The molecule has 1 fully saturated rings. The molecule has 0 aliphatic carbocycles. The van der Waals surface area contributed by atoms with E-state index in [4.69, 9.17) is 0 Å². The van der Waals surface area contributed by atoms with Gasteiger partial charge in [0, 0.05) is 30.2 Å². The summed E-state index contributed by atoms with van der Waals surface area (Å²) in [5, 5.41) is 13.0. The van der Waals surface area contributed by atoms with Crippen molar-refractivity contribution in [3.8, 4) is 6.07 Å². The first-order valence-electron chi connectivity index (χ1n) is 12.6. The Kier molecular flexibility index (Phi) is 7.53. The van der Waals surface area contributed by atoms with E-state index in [1.807, 2.05) is 39.0 Å². The van der Waals surface area contributed by atoms with Gasteiger partial charge >= 0.3 is 0 Å². The molecule has 3 atom stereocenters. The fourth-order valence-corrected chi connectivity index (χ4v) is 4.88. The first-order chi connectivity index (χ1) is 18.0. The molecule has 3 amide bonds. The zero-order chi connectivity index (χ0) is 27.6. The topological polar surface area (TPSA) is 109 Å². The number of fused-ring (bicyclic) bond motifs is 1. The van der Waals surface area contributed by atoms with Crippen LogP contribution < -0.4 is 5.32 Å². The van der Waals surface area contributed by atoms with Crippen LogP contribution in [-0.2, 0) is 9.59 Å². The maximum atomic E-state index is 14.2. The molecule has 2 unspecified atom stereocenters. The molecule has 8 nitrogen and oxygen atoms in total. The molecule has 1 saturated heterocycles. The summed E-state index contributed by atoms with van der Waals surface area (Å²) in [6.07, 6.45) is 0.542. The van der Waals surface area contributed by atoms with Gasteiger partial charge < -0.3 is 20.1 Å². The van der Waals surface area contributed by atoms with Crippen LogP contribution in [0.3, 0.4) is 0 Å². The zero-order valence-electron chi connectivity index (χ0n) is 22.0. The van der Waals surface area contributed by atoms with Crippen LogP contribution in [0.25, 0.3) is 10.9 Å². The molecule has 9 heteroatoms. The average Bonchev–Trinajstić information content (AvgIpc) is 3.52. The number of nitrogens with zero attached hydrogens (tertiary/aromatic N) is 3. The van der Waals surface area contributed by atoms with E-state index in [-0.39, 0.29) is 35.9 Å². The third-order valence-electron chi connectivity index (χ3n) is 6.87. The monoisotopic (exact) mass is 517 g/mol. The lowest BCUT2D eigenvalue weighted by Gasteiger charge is -2.35. The number of rotatable bonds is 6. The number of aromatic amines is 1. The summed E-state index contributed by atoms with van der Waals surface area (Å²) in [6, 6.07) is 15.5. The summed E-state index contributed by atoms with van der Waals surface area (Å²) in [4.78, 5) is 46.0. The molecular weight excluding hydrogens is 485 g/mol. The Morgan fingerprint density at radius 2 is 1.89 bits per heavy atom. The number of para-hydroxylation sites is 1. The highest BCUT2D eigenvalue weighted by atomic mass is 19.1. The molecule has 1 aromatic heterocycles. The molecule has 38 heavy (non-hydrogen) atoms. The van der Waals surface area contributed by atoms with Gasteiger partial charge in [0.05, 0.1) is 12.0 Å². The average molecular weight is 518 g/mol. The molecule has 0 radical (unpaired) electrons. The zero-order valence-corrected chi connectivity index (χ0v) is 22.0. The van der Waals surface area contributed by atoms with Crippen LogP contribution in [0.15, 0.2) is 54.6 Å². The van der Waals surface area contributed by atoms with Crippen molar-refractivity contribution < 1.29 is 18.8 Å². The van der Waals surface area contributed by atoms with Gasteiger partial charge in [0.25, 0.3) is 5.91 Å². The molecule has 2 aromatic carbocycles. The molecule has 198 valence electrons. The lowest BCUT2D eigenvalue weighted by atomic mass is 9.87. The van der Waals surface area contributed by atoms with Gasteiger partial charge in [-0.25, -0.2) is 4.39 Å². The van der Waals surface area contributed by atoms with Crippen molar-refractivity contribution in [3.05, 3.63) is 66.1 Å². The number of H-pyrrole nitrogens is 1. The highest BCUT2D eigenvalue weighted by molar-refractivity contribution is 6.00. The number of benzene rings is 2. The van der Waals surface area contributed by atoms with Crippen molar-refractivity contribution in [3.63, 3.8) is 0 Å². The molecule has 0 bridgehead atoms. The van der Waals surface area contributed by atoms with Crippen LogP contribution in [-0.4, -0.2) is 58.2 Å². The van der Waals surface area contributed by atoms with E-state index in [2.05, 4.69) is 16.4 Å². The summed E-state index contributed by atoms with van der Waals surface area (Å²) >= 11 is 0. The summed E-state index contributed by atoms with van der Waals surface area (Å²) in [6.45, 7) is 5.97. The minimum atomic E-state index is -0.884. The number of carbonyl (C=O) groups is 3. The predicted molar refractivity (Wildman–Crippen MR) is 143 cm³/mol. The Morgan fingerprint density at radius 1 is 1.18 bits per heavy atom. The second-order valence-corrected chi connectivity index (χ2v) is 11.0. The molecule has 2 N–H and O–H groups in total. The molecule has 4 rings (SSSR count). The third kappa shape index (κ3) is 5.70. The number of carbonyl (C=O) groups excluding carboxylic acids is 3. The number of nitriles is 1. The Labute approximate surface area is 221 Å².